The first-order valence-corrected chi connectivity index (χ1v) is 12.9. The van der Waals surface area contributed by atoms with E-state index in [1.807, 2.05) is 46.2 Å². The first kappa shape index (κ1) is 25.0. The maximum Gasteiger partial charge on any atom is 0.243 e. The molecule has 1 aliphatic heterocycles. The number of aromatic nitrogens is 2. The molecule has 2 amide bonds. The Bertz CT molecular complexity index is 1220. The number of benzene rings is 2. The summed E-state index contributed by atoms with van der Waals surface area (Å²) in [5, 5.41) is 0. The Kier molecular flexibility index (Phi) is 7.29. The predicted molar refractivity (Wildman–Crippen MR) is 142 cm³/mol. The van der Waals surface area contributed by atoms with Crippen molar-refractivity contribution in [3.05, 3.63) is 59.4 Å². The molecule has 2 aromatic carbocycles. The number of aryl methyl sites for hydroxylation is 1. The van der Waals surface area contributed by atoms with Crippen molar-refractivity contribution in [2.24, 2.45) is 0 Å². The van der Waals surface area contributed by atoms with E-state index in [1.54, 1.807) is 0 Å². The van der Waals surface area contributed by atoms with E-state index in [0.717, 1.165) is 41.0 Å². The first-order valence-electron chi connectivity index (χ1n) is 12.9. The van der Waals surface area contributed by atoms with Gasteiger partial charge in [0.1, 0.15) is 12.4 Å². The van der Waals surface area contributed by atoms with Crippen LogP contribution in [0.3, 0.4) is 0 Å². The smallest absolute Gasteiger partial charge is 0.243 e. The van der Waals surface area contributed by atoms with Crippen LogP contribution in [0, 0.1) is 13.8 Å². The predicted octanol–water partition coefficient (Wildman–Crippen LogP) is 5.60. The van der Waals surface area contributed by atoms with Crippen LogP contribution in [-0.4, -0.2) is 44.9 Å². The summed E-state index contributed by atoms with van der Waals surface area (Å²) < 4.78 is 2.06. The average molecular weight is 475 g/mol. The Morgan fingerprint density at radius 3 is 2.43 bits per heavy atom. The monoisotopic (exact) mass is 474 g/mol. The van der Waals surface area contributed by atoms with Gasteiger partial charge in [0.15, 0.2) is 0 Å². The molecular weight excluding hydrogens is 436 g/mol. The molecule has 4 rings (SSSR count). The van der Waals surface area contributed by atoms with E-state index in [9.17, 15) is 9.59 Å². The average Bonchev–Trinajstić information content (AvgIpc) is 3.41. The SMILES string of the molecule is CCC(C)N(C(=O)Cn1c(C2CC(=O)N(c3cccc(C)c3C)C2)nc2ccccc21)C(C)CC. The lowest BCUT2D eigenvalue weighted by atomic mass is 10.1. The minimum absolute atomic E-state index is 0.0664. The van der Waals surface area contributed by atoms with Gasteiger partial charge >= 0.3 is 0 Å². The molecule has 35 heavy (non-hydrogen) atoms. The zero-order valence-corrected chi connectivity index (χ0v) is 21.9. The molecule has 3 atom stereocenters. The van der Waals surface area contributed by atoms with Gasteiger partial charge in [0.05, 0.1) is 11.0 Å². The third-order valence-corrected chi connectivity index (χ3v) is 7.75. The Morgan fingerprint density at radius 1 is 1.06 bits per heavy atom. The van der Waals surface area contributed by atoms with Crippen LogP contribution >= 0.6 is 0 Å². The fraction of sp³-hybridized carbons (Fsp3) is 0.483. The number of carbonyl (C=O) groups is 2. The van der Waals surface area contributed by atoms with Crippen LogP contribution in [0.1, 0.15) is 69.8 Å². The van der Waals surface area contributed by atoms with E-state index in [4.69, 9.17) is 4.98 Å². The van der Waals surface area contributed by atoms with Gasteiger partial charge in [0.2, 0.25) is 11.8 Å². The molecule has 3 aromatic rings. The largest absolute Gasteiger partial charge is 0.336 e. The molecule has 6 heteroatoms. The molecule has 6 nitrogen and oxygen atoms in total. The highest BCUT2D eigenvalue weighted by atomic mass is 16.2. The van der Waals surface area contributed by atoms with E-state index in [0.29, 0.717) is 13.0 Å². The van der Waals surface area contributed by atoms with Crippen LogP contribution in [0.4, 0.5) is 5.69 Å². The van der Waals surface area contributed by atoms with Gasteiger partial charge in [0.25, 0.3) is 0 Å². The minimum Gasteiger partial charge on any atom is -0.336 e. The summed E-state index contributed by atoms with van der Waals surface area (Å²) in [4.78, 5) is 35.7. The van der Waals surface area contributed by atoms with Crippen LogP contribution < -0.4 is 4.90 Å². The normalized spacial score (nSPS) is 17.7. The van der Waals surface area contributed by atoms with Gasteiger partial charge in [-0.05, 0) is 69.9 Å². The van der Waals surface area contributed by atoms with Gasteiger partial charge < -0.3 is 14.4 Å². The molecule has 3 unspecified atom stereocenters. The Morgan fingerprint density at radius 2 is 1.74 bits per heavy atom. The summed E-state index contributed by atoms with van der Waals surface area (Å²) in [6, 6.07) is 14.4. The maximum atomic E-state index is 13.7. The van der Waals surface area contributed by atoms with Crippen molar-refractivity contribution < 1.29 is 9.59 Å². The quantitative estimate of drug-likeness (QED) is 0.427. The van der Waals surface area contributed by atoms with E-state index in [2.05, 4.69) is 52.2 Å². The van der Waals surface area contributed by atoms with Crippen molar-refractivity contribution in [2.75, 3.05) is 11.4 Å². The summed E-state index contributed by atoms with van der Waals surface area (Å²) in [6.07, 6.45) is 2.22. The number of imidazole rings is 1. The molecular formula is C29H38N4O2. The summed E-state index contributed by atoms with van der Waals surface area (Å²) in [6.45, 7) is 13.4. The second-order valence-corrected chi connectivity index (χ2v) is 9.98. The number of anilines is 1. The van der Waals surface area contributed by atoms with Crippen LogP contribution in [0.5, 0.6) is 0 Å². The molecule has 0 spiro atoms. The van der Waals surface area contributed by atoms with E-state index >= 15 is 0 Å². The molecule has 0 radical (unpaired) electrons. The van der Waals surface area contributed by atoms with Crippen LogP contribution in [-0.2, 0) is 16.1 Å². The molecule has 0 bridgehead atoms. The highest BCUT2D eigenvalue weighted by Crippen LogP contribution is 2.35. The molecule has 186 valence electrons. The van der Waals surface area contributed by atoms with Crippen LogP contribution in [0.25, 0.3) is 11.0 Å². The third-order valence-electron chi connectivity index (χ3n) is 7.75. The van der Waals surface area contributed by atoms with Gasteiger partial charge in [0, 0.05) is 36.7 Å². The van der Waals surface area contributed by atoms with Gasteiger partial charge in [-0.1, -0.05) is 38.1 Å². The Hall–Kier alpha value is -3.15. The number of hydrogen-bond donors (Lipinski definition) is 0. The number of rotatable bonds is 8. The van der Waals surface area contributed by atoms with Crippen molar-refractivity contribution in [3.63, 3.8) is 0 Å². The van der Waals surface area contributed by atoms with Crippen molar-refractivity contribution in [3.8, 4) is 0 Å². The number of carbonyl (C=O) groups excluding carboxylic acids is 2. The number of fused-ring (bicyclic) bond motifs is 1. The lowest BCUT2D eigenvalue weighted by molar-refractivity contribution is -0.136. The standard InChI is InChI=1S/C29H38N4O2/c1-7-20(4)33(21(5)8-2)28(35)18-32-26-14-10-9-13-24(26)30-29(32)23-16-27(34)31(17-23)25-15-11-12-19(3)22(25)6/h9-15,20-21,23H,7-8,16-18H2,1-6H3. The summed E-state index contributed by atoms with van der Waals surface area (Å²) in [7, 11) is 0. The second-order valence-electron chi connectivity index (χ2n) is 9.98. The molecule has 2 heterocycles. The van der Waals surface area contributed by atoms with Crippen LogP contribution in [0.2, 0.25) is 0 Å². The van der Waals surface area contributed by atoms with Gasteiger partial charge in [-0.15, -0.1) is 0 Å². The van der Waals surface area contributed by atoms with E-state index in [1.165, 1.54) is 5.56 Å². The fourth-order valence-electron chi connectivity index (χ4n) is 5.25. The van der Waals surface area contributed by atoms with Crippen molar-refractivity contribution in [1.29, 1.82) is 0 Å². The first-order chi connectivity index (χ1) is 16.8. The summed E-state index contributed by atoms with van der Waals surface area (Å²) in [5.74, 6) is 0.973. The lowest BCUT2D eigenvalue weighted by Gasteiger charge is -2.34. The van der Waals surface area contributed by atoms with Crippen molar-refractivity contribution in [1.82, 2.24) is 14.5 Å². The zero-order chi connectivity index (χ0) is 25.3. The van der Waals surface area contributed by atoms with Crippen LogP contribution in [0.15, 0.2) is 42.5 Å². The molecule has 0 N–H and O–H groups in total. The highest BCUT2D eigenvalue weighted by molar-refractivity contribution is 5.97. The number of para-hydroxylation sites is 2. The van der Waals surface area contributed by atoms with Gasteiger partial charge in [-0.3, -0.25) is 9.59 Å². The molecule has 1 saturated heterocycles. The lowest BCUT2D eigenvalue weighted by Crippen LogP contribution is -2.46. The van der Waals surface area contributed by atoms with Gasteiger partial charge in [-0.2, -0.15) is 0 Å². The van der Waals surface area contributed by atoms with Crippen molar-refractivity contribution in [2.45, 2.75) is 85.4 Å². The zero-order valence-electron chi connectivity index (χ0n) is 21.9. The third kappa shape index (κ3) is 4.71. The minimum atomic E-state index is -0.0664. The maximum absolute atomic E-state index is 13.7. The highest BCUT2D eigenvalue weighted by Gasteiger charge is 2.36. The number of hydrogen-bond acceptors (Lipinski definition) is 3. The Labute approximate surface area is 208 Å². The molecule has 0 saturated carbocycles. The van der Waals surface area contributed by atoms with E-state index < -0.39 is 0 Å². The molecule has 0 aliphatic carbocycles. The summed E-state index contributed by atoms with van der Waals surface area (Å²) >= 11 is 0. The topological polar surface area (TPSA) is 58.4 Å². The summed E-state index contributed by atoms with van der Waals surface area (Å²) in [5.41, 5.74) is 5.08. The molecule has 1 aromatic heterocycles. The fourth-order valence-corrected chi connectivity index (χ4v) is 5.25. The van der Waals surface area contributed by atoms with Crippen molar-refractivity contribution >= 4 is 28.5 Å². The van der Waals surface area contributed by atoms with E-state index in [-0.39, 0.29) is 36.4 Å². The Balaban J connectivity index is 1.70. The number of nitrogens with zero attached hydrogens (tertiary/aromatic N) is 4. The second kappa shape index (κ2) is 10.2. The number of amides is 2. The molecule has 1 fully saturated rings. The van der Waals surface area contributed by atoms with Gasteiger partial charge in [-0.25, -0.2) is 4.98 Å². The molecule has 1 aliphatic rings.